The van der Waals surface area contributed by atoms with Gasteiger partial charge in [-0.2, -0.15) is 5.10 Å². The van der Waals surface area contributed by atoms with Gasteiger partial charge in [-0.05, 0) is 42.5 Å². The lowest BCUT2D eigenvalue weighted by molar-refractivity contribution is -0.274. The fourth-order valence-electron chi connectivity index (χ4n) is 3.19. The first-order chi connectivity index (χ1) is 15.4. The van der Waals surface area contributed by atoms with E-state index in [1.54, 1.807) is 4.57 Å². The molecule has 0 saturated heterocycles. The van der Waals surface area contributed by atoms with Crippen molar-refractivity contribution in [1.82, 2.24) is 34.9 Å². The van der Waals surface area contributed by atoms with E-state index >= 15 is 0 Å². The van der Waals surface area contributed by atoms with Crippen molar-refractivity contribution < 1.29 is 17.9 Å². The van der Waals surface area contributed by atoms with Gasteiger partial charge in [-0.25, -0.2) is 4.98 Å². The molecule has 0 atom stereocenters. The van der Waals surface area contributed by atoms with Crippen LogP contribution in [0.1, 0.15) is 5.82 Å². The zero-order valence-electron chi connectivity index (χ0n) is 15.9. The zero-order chi connectivity index (χ0) is 22.3. The molecule has 0 spiro atoms. The predicted octanol–water partition coefficient (Wildman–Crippen LogP) is 4.94. The van der Waals surface area contributed by atoms with Crippen LogP contribution in [0, 0.1) is 4.77 Å². The first kappa shape index (κ1) is 20.5. The molecule has 0 aliphatic carbocycles. The summed E-state index contributed by atoms with van der Waals surface area (Å²) >= 11 is 6.59. The minimum absolute atomic E-state index is 0.301. The van der Waals surface area contributed by atoms with Crippen molar-refractivity contribution >= 4 is 46.0 Å². The van der Waals surface area contributed by atoms with Crippen molar-refractivity contribution in [2.24, 2.45) is 0 Å². The number of hydrogen-bond acceptors (Lipinski definition) is 7. The Balaban J connectivity index is 1.38. The molecule has 32 heavy (non-hydrogen) atoms. The molecule has 0 saturated carbocycles. The smallest absolute Gasteiger partial charge is 0.406 e. The first-order valence-electron chi connectivity index (χ1n) is 9.14. The van der Waals surface area contributed by atoms with Crippen LogP contribution in [-0.4, -0.2) is 41.3 Å². The van der Waals surface area contributed by atoms with Gasteiger partial charge in [-0.1, -0.05) is 30.0 Å². The number of halogens is 3. The molecule has 2 aromatic carbocycles. The highest BCUT2D eigenvalue weighted by molar-refractivity contribution is 7.98. The van der Waals surface area contributed by atoms with E-state index in [1.165, 1.54) is 36.0 Å². The highest BCUT2D eigenvalue weighted by atomic mass is 32.2. The maximum atomic E-state index is 12.4. The van der Waals surface area contributed by atoms with Crippen LogP contribution in [0.5, 0.6) is 5.75 Å². The number of ether oxygens (including phenoxy) is 1. The molecule has 13 heteroatoms. The Morgan fingerprint density at radius 1 is 1.06 bits per heavy atom. The van der Waals surface area contributed by atoms with Crippen LogP contribution < -0.4 is 4.74 Å². The molecule has 0 aliphatic rings. The lowest BCUT2D eigenvalue weighted by Gasteiger charge is -2.10. The SMILES string of the molecule is FC(F)(F)Oc1ccc(-n2c(CSc3nnc4c(n3)[nH]c3ccccc34)n[nH]c2=S)cc1. The van der Waals surface area contributed by atoms with Crippen molar-refractivity contribution in [2.75, 3.05) is 0 Å². The summed E-state index contributed by atoms with van der Waals surface area (Å²) < 4.78 is 43.0. The van der Waals surface area contributed by atoms with Gasteiger partial charge >= 0.3 is 6.36 Å². The lowest BCUT2D eigenvalue weighted by atomic mass is 10.2. The zero-order valence-corrected chi connectivity index (χ0v) is 17.6. The molecule has 3 aromatic heterocycles. The monoisotopic (exact) mass is 475 g/mol. The van der Waals surface area contributed by atoms with E-state index in [2.05, 4.69) is 35.1 Å². The third kappa shape index (κ3) is 4.03. The summed E-state index contributed by atoms with van der Waals surface area (Å²) in [5, 5.41) is 16.8. The van der Waals surface area contributed by atoms with Crippen LogP contribution in [0.3, 0.4) is 0 Å². The van der Waals surface area contributed by atoms with Crippen molar-refractivity contribution in [1.29, 1.82) is 0 Å². The lowest BCUT2D eigenvalue weighted by Crippen LogP contribution is -2.17. The number of para-hydroxylation sites is 1. The topological polar surface area (TPSA) is 97.3 Å². The fraction of sp³-hybridized carbons (Fsp3) is 0.105. The number of aromatic nitrogens is 7. The van der Waals surface area contributed by atoms with Gasteiger partial charge in [0.15, 0.2) is 10.4 Å². The molecular weight excluding hydrogens is 463 g/mol. The van der Waals surface area contributed by atoms with E-state index in [4.69, 9.17) is 12.2 Å². The summed E-state index contributed by atoms with van der Waals surface area (Å²) in [6, 6.07) is 13.1. The molecule has 0 unspecified atom stereocenters. The molecule has 5 aromatic rings. The summed E-state index contributed by atoms with van der Waals surface area (Å²) in [4.78, 5) is 7.74. The molecule has 162 valence electrons. The number of nitrogens with zero attached hydrogens (tertiary/aromatic N) is 5. The number of hydrogen-bond donors (Lipinski definition) is 2. The minimum Gasteiger partial charge on any atom is -0.406 e. The highest BCUT2D eigenvalue weighted by Crippen LogP contribution is 2.27. The van der Waals surface area contributed by atoms with Gasteiger partial charge in [0, 0.05) is 16.6 Å². The minimum atomic E-state index is -4.75. The third-order valence-electron chi connectivity index (χ3n) is 4.50. The summed E-state index contributed by atoms with van der Waals surface area (Å²) in [5.74, 6) is 0.574. The third-order valence-corrected chi connectivity index (χ3v) is 5.61. The Labute approximate surface area is 186 Å². The molecule has 8 nitrogen and oxygen atoms in total. The van der Waals surface area contributed by atoms with Crippen molar-refractivity contribution in [2.45, 2.75) is 17.3 Å². The Kier molecular flexibility index (Phi) is 5.06. The normalized spacial score (nSPS) is 12.0. The van der Waals surface area contributed by atoms with Crippen LogP contribution in [0.25, 0.3) is 27.8 Å². The molecular formula is C19H12F3N7OS2. The van der Waals surface area contributed by atoms with Gasteiger partial charge in [0.05, 0.1) is 5.75 Å². The van der Waals surface area contributed by atoms with Crippen LogP contribution in [0.15, 0.2) is 53.7 Å². The van der Waals surface area contributed by atoms with Gasteiger partial charge in [-0.15, -0.1) is 23.4 Å². The Morgan fingerprint density at radius 2 is 1.84 bits per heavy atom. The Hall–Kier alpha value is -3.45. The number of thioether (sulfide) groups is 1. The average molecular weight is 475 g/mol. The van der Waals surface area contributed by atoms with Gasteiger partial charge in [0.25, 0.3) is 0 Å². The van der Waals surface area contributed by atoms with Gasteiger partial charge < -0.3 is 9.72 Å². The second kappa shape index (κ2) is 7.91. The van der Waals surface area contributed by atoms with Gasteiger partial charge in [-0.3, -0.25) is 9.67 Å². The summed E-state index contributed by atoms with van der Waals surface area (Å²) in [7, 11) is 0. The van der Waals surface area contributed by atoms with Crippen LogP contribution >= 0.6 is 24.0 Å². The van der Waals surface area contributed by atoms with Crippen molar-refractivity contribution in [3.63, 3.8) is 0 Å². The number of nitrogens with one attached hydrogen (secondary N) is 2. The number of H-pyrrole nitrogens is 2. The molecule has 0 radical (unpaired) electrons. The first-order valence-corrected chi connectivity index (χ1v) is 10.5. The molecule has 0 amide bonds. The van der Waals surface area contributed by atoms with Gasteiger partial charge in [0.2, 0.25) is 5.16 Å². The molecule has 0 bridgehead atoms. The van der Waals surface area contributed by atoms with Crippen LogP contribution in [0.2, 0.25) is 0 Å². The maximum Gasteiger partial charge on any atom is 0.573 e. The van der Waals surface area contributed by atoms with Gasteiger partial charge in [0.1, 0.15) is 17.1 Å². The number of rotatable bonds is 5. The standard InChI is InChI=1S/C19H12F3N7OS2/c20-19(21,22)30-11-7-5-10(6-8-11)29-14(25-28-18(29)31)9-32-17-24-16-15(26-27-17)12-3-1-2-4-13(12)23-16/h1-8H,9H2,(H,28,31)(H,23,24,27). The van der Waals surface area contributed by atoms with Crippen molar-refractivity contribution in [3.05, 3.63) is 59.1 Å². The summed E-state index contributed by atoms with van der Waals surface area (Å²) in [6.07, 6.45) is -4.75. The van der Waals surface area contributed by atoms with E-state index in [9.17, 15) is 13.2 Å². The molecule has 3 heterocycles. The van der Waals surface area contributed by atoms with E-state index in [0.29, 0.717) is 38.4 Å². The average Bonchev–Trinajstić information content (AvgIpc) is 3.31. The number of aromatic amines is 2. The largest absolute Gasteiger partial charge is 0.573 e. The molecule has 2 N–H and O–H groups in total. The number of benzene rings is 2. The van der Waals surface area contributed by atoms with E-state index < -0.39 is 6.36 Å². The molecule has 0 aliphatic heterocycles. The Morgan fingerprint density at radius 3 is 2.62 bits per heavy atom. The van der Waals surface area contributed by atoms with E-state index in [-0.39, 0.29) is 5.75 Å². The van der Waals surface area contributed by atoms with E-state index in [0.717, 1.165) is 10.9 Å². The quantitative estimate of drug-likeness (QED) is 0.274. The fourth-order valence-corrected chi connectivity index (χ4v) is 4.15. The Bertz CT molecular complexity index is 1470. The number of alkyl halides is 3. The predicted molar refractivity (Wildman–Crippen MR) is 114 cm³/mol. The maximum absolute atomic E-state index is 12.4. The summed E-state index contributed by atoms with van der Waals surface area (Å²) in [5.41, 5.74) is 2.78. The van der Waals surface area contributed by atoms with Crippen LogP contribution in [-0.2, 0) is 5.75 Å². The highest BCUT2D eigenvalue weighted by Gasteiger charge is 2.31. The van der Waals surface area contributed by atoms with E-state index in [1.807, 2.05) is 24.3 Å². The van der Waals surface area contributed by atoms with Crippen LogP contribution in [0.4, 0.5) is 13.2 Å². The second-order valence-corrected chi connectivity index (χ2v) is 7.90. The number of fused-ring (bicyclic) bond motifs is 3. The molecule has 5 rings (SSSR count). The van der Waals surface area contributed by atoms with Crippen molar-refractivity contribution in [3.8, 4) is 11.4 Å². The molecule has 0 fully saturated rings. The summed E-state index contributed by atoms with van der Waals surface area (Å²) in [6.45, 7) is 0. The second-order valence-electron chi connectivity index (χ2n) is 6.57.